The highest BCUT2D eigenvalue weighted by atomic mass is 19.4. The summed E-state index contributed by atoms with van der Waals surface area (Å²) in [6.45, 7) is -0.342. The van der Waals surface area contributed by atoms with Gasteiger partial charge in [-0.3, -0.25) is 14.9 Å². The molecule has 0 aromatic heterocycles. The van der Waals surface area contributed by atoms with Gasteiger partial charge in [-0.05, 0) is 12.1 Å². The van der Waals surface area contributed by atoms with Crippen LogP contribution in [0.1, 0.15) is 5.56 Å². The van der Waals surface area contributed by atoms with Gasteiger partial charge in [0.15, 0.2) is 0 Å². The van der Waals surface area contributed by atoms with Gasteiger partial charge in [-0.15, -0.1) is 0 Å². The number of carbonyl (C=O) groups excluding carboxylic acids is 1. The van der Waals surface area contributed by atoms with Crippen LogP contribution in [0, 0.1) is 10.1 Å². The van der Waals surface area contributed by atoms with Crippen molar-refractivity contribution in [3.05, 3.63) is 33.9 Å². The third-order valence-electron chi connectivity index (χ3n) is 2.16. The molecule has 0 saturated heterocycles. The van der Waals surface area contributed by atoms with E-state index in [1.165, 1.54) is 0 Å². The Bertz CT molecular complexity index is 502. The molecule has 1 rings (SSSR count). The third kappa shape index (κ3) is 3.83. The minimum absolute atomic E-state index is 0.0664. The van der Waals surface area contributed by atoms with E-state index in [9.17, 15) is 28.1 Å². The Morgan fingerprint density at radius 3 is 2.58 bits per heavy atom. The van der Waals surface area contributed by atoms with E-state index in [0.29, 0.717) is 6.07 Å². The number of hydrogen-bond acceptors (Lipinski definition) is 5. The van der Waals surface area contributed by atoms with Gasteiger partial charge in [0, 0.05) is 11.8 Å². The van der Waals surface area contributed by atoms with Crippen LogP contribution < -0.4 is 5.32 Å². The number of nitrogens with zero attached hydrogens (tertiary/aromatic N) is 1. The van der Waals surface area contributed by atoms with Crippen LogP contribution in [0.15, 0.2) is 18.2 Å². The topological polar surface area (TPSA) is 81.5 Å². The van der Waals surface area contributed by atoms with E-state index in [0.717, 1.165) is 19.2 Å². The Morgan fingerprint density at radius 1 is 1.47 bits per heavy atom. The van der Waals surface area contributed by atoms with E-state index in [4.69, 9.17) is 0 Å². The van der Waals surface area contributed by atoms with E-state index < -0.39 is 28.3 Å². The molecule has 0 atom stereocenters. The van der Waals surface area contributed by atoms with Crippen LogP contribution in [0.4, 0.5) is 24.5 Å². The van der Waals surface area contributed by atoms with E-state index >= 15 is 0 Å². The molecule has 0 unspecified atom stereocenters. The van der Waals surface area contributed by atoms with Gasteiger partial charge in [0.1, 0.15) is 12.1 Å². The molecule has 1 aromatic carbocycles. The Morgan fingerprint density at radius 2 is 2.11 bits per heavy atom. The number of carbonyl (C=O) groups is 1. The molecule has 6 nitrogen and oxygen atoms in total. The molecule has 0 heterocycles. The minimum atomic E-state index is -4.86. The summed E-state index contributed by atoms with van der Waals surface area (Å²) in [7, 11) is 1.13. The molecule has 1 N–H and O–H groups in total. The number of methoxy groups -OCH3 is 1. The number of nitro benzene ring substituents is 1. The van der Waals surface area contributed by atoms with Crippen molar-refractivity contribution >= 4 is 17.3 Å². The Balaban J connectivity index is 3.05. The summed E-state index contributed by atoms with van der Waals surface area (Å²) in [5, 5.41) is 12.9. The molecule has 0 aliphatic carbocycles. The quantitative estimate of drug-likeness (QED) is 0.518. The van der Waals surface area contributed by atoms with Crippen molar-refractivity contribution in [2.24, 2.45) is 0 Å². The highest BCUT2D eigenvalue weighted by Gasteiger charge is 2.38. The number of hydrogen-bond donors (Lipinski definition) is 1. The molecule has 1 aromatic rings. The summed E-state index contributed by atoms with van der Waals surface area (Å²) in [6, 6.07) is 2.37. The lowest BCUT2D eigenvalue weighted by atomic mass is 10.1. The maximum atomic E-state index is 12.6. The van der Waals surface area contributed by atoms with Crippen molar-refractivity contribution in [3.8, 4) is 0 Å². The van der Waals surface area contributed by atoms with Gasteiger partial charge in [0.2, 0.25) is 0 Å². The smallest absolute Gasteiger partial charge is 0.423 e. The van der Waals surface area contributed by atoms with Crippen molar-refractivity contribution in [3.63, 3.8) is 0 Å². The average molecular weight is 278 g/mol. The molecular weight excluding hydrogens is 269 g/mol. The molecule has 9 heteroatoms. The molecule has 0 radical (unpaired) electrons. The molecular formula is C10H9F3N2O4. The van der Waals surface area contributed by atoms with Gasteiger partial charge >= 0.3 is 12.1 Å². The molecule has 0 spiro atoms. The van der Waals surface area contributed by atoms with E-state index in [-0.39, 0.29) is 12.2 Å². The maximum Gasteiger partial charge on any atom is 0.423 e. The SMILES string of the molecule is COC(=O)CNc1ccc([N+](=O)[O-])c(C(F)(F)F)c1. The largest absolute Gasteiger partial charge is 0.468 e. The van der Waals surface area contributed by atoms with Gasteiger partial charge in [0.25, 0.3) is 5.69 Å². The zero-order chi connectivity index (χ0) is 14.6. The number of ether oxygens (including phenoxy) is 1. The summed E-state index contributed by atoms with van der Waals surface area (Å²) < 4.78 is 42.2. The van der Waals surface area contributed by atoms with Gasteiger partial charge in [0.05, 0.1) is 12.0 Å². The lowest BCUT2D eigenvalue weighted by molar-refractivity contribution is -0.388. The van der Waals surface area contributed by atoms with E-state index in [1.54, 1.807) is 0 Å². The summed E-state index contributed by atoms with van der Waals surface area (Å²) in [5.41, 5.74) is -2.49. The Labute approximate surface area is 105 Å². The predicted molar refractivity (Wildman–Crippen MR) is 58.6 cm³/mol. The lowest BCUT2D eigenvalue weighted by Gasteiger charge is -2.10. The van der Waals surface area contributed by atoms with Crippen LogP contribution in [-0.4, -0.2) is 24.5 Å². The molecule has 0 aliphatic heterocycles. The monoisotopic (exact) mass is 278 g/mol. The van der Waals surface area contributed by atoms with Crippen LogP contribution >= 0.6 is 0 Å². The van der Waals surface area contributed by atoms with Gasteiger partial charge in [-0.25, -0.2) is 0 Å². The fraction of sp³-hybridized carbons (Fsp3) is 0.300. The van der Waals surface area contributed by atoms with Gasteiger partial charge in [-0.2, -0.15) is 13.2 Å². The second kappa shape index (κ2) is 5.55. The molecule has 104 valence electrons. The lowest BCUT2D eigenvalue weighted by Crippen LogP contribution is -2.16. The first kappa shape index (κ1) is 14.7. The van der Waals surface area contributed by atoms with E-state index in [2.05, 4.69) is 10.1 Å². The summed E-state index contributed by atoms with van der Waals surface area (Å²) >= 11 is 0. The zero-order valence-electron chi connectivity index (χ0n) is 9.65. The minimum Gasteiger partial charge on any atom is -0.468 e. The highest BCUT2D eigenvalue weighted by molar-refractivity contribution is 5.75. The number of esters is 1. The third-order valence-corrected chi connectivity index (χ3v) is 2.16. The number of benzene rings is 1. The summed E-state index contributed by atoms with van der Waals surface area (Å²) in [5.74, 6) is -0.674. The first-order valence-corrected chi connectivity index (χ1v) is 4.92. The Hall–Kier alpha value is -2.32. The summed E-state index contributed by atoms with van der Waals surface area (Å²) in [4.78, 5) is 20.2. The van der Waals surface area contributed by atoms with Crippen LogP contribution in [0.25, 0.3) is 0 Å². The molecule has 0 saturated carbocycles. The number of nitrogens with one attached hydrogen (secondary N) is 1. The van der Waals surface area contributed by atoms with E-state index in [1.807, 2.05) is 0 Å². The van der Waals surface area contributed by atoms with Crippen LogP contribution in [-0.2, 0) is 15.7 Å². The predicted octanol–water partition coefficient (Wildman–Crippen LogP) is 2.20. The standard InChI is InChI=1S/C10H9F3N2O4/c1-19-9(16)5-14-6-2-3-8(15(17)18)7(4-6)10(11,12)13/h2-4,14H,5H2,1H3. The summed E-state index contributed by atoms with van der Waals surface area (Å²) in [6.07, 6.45) is -4.86. The number of alkyl halides is 3. The number of nitro groups is 1. The number of anilines is 1. The fourth-order valence-electron chi connectivity index (χ4n) is 1.28. The Kier molecular flexibility index (Phi) is 4.30. The van der Waals surface area contributed by atoms with Crippen molar-refractivity contribution in [2.75, 3.05) is 19.0 Å². The molecule has 0 amide bonds. The number of halogens is 3. The maximum absolute atomic E-state index is 12.6. The van der Waals surface area contributed by atoms with Crippen molar-refractivity contribution < 1.29 is 27.6 Å². The molecule has 0 fully saturated rings. The second-order valence-corrected chi connectivity index (χ2v) is 3.42. The molecule has 0 aliphatic rings. The van der Waals surface area contributed by atoms with Crippen molar-refractivity contribution in [2.45, 2.75) is 6.18 Å². The zero-order valence-corrected chi connectivity index (χ0v) is 9.65. The average Bonchev–Trinajstić information content (AvgIpc) is 2.34. The number of rotatable bonds is 4. The van der Waals surface area contributed by atoms with Crippen LogP contribution in [0.2, 0.25) is 0 Å². The first-order valence-electron chi connectivity index (χ1n) is 4.92. The van der Waals surface area contributed by atoms with Gasteiger partial charge < -0.3 is 10.1 Å². The van der Waals surface area contributed by atoms with Crippen LogP contribution in [0.3, 0.4) is 0 Å². The van der Waals surface area contributed by atoms with Crippen molar-refractivity contribution in [1.29, 1.82) is 0 Å². The normalized spacial score (nSPS) is 10.9. The molecule has 0 bridgehead atoms. The van der Waals surface area contributed by atoms with Gasteiger partial charge in [-0.1, -0.05) is 0 Å². The first-order chi connectivity index (χ1) is 8.75. The second-order valence-electron chi connectivity index (χ2n) is 3.42. The fourth-order valence-corrected chi connectivity index (χ4v) is 1.28. The van der Waals surface area contributed by atoms with Crippen molar-refractivity contribution in [1.82, 2.24) is 0 Å². The molecule has 19 heavy (non-hydrogen) atoms. The highest BCUT2D eigenvalue weighted by Crippen LogP contribution is 2.37. The van der Waals surface area contributed by atoms with Crippen LogP contribution in [0.5, 0.6) is 0 Å².